The van der Waals surface area contributed by atoms with Crippen LogP contribution in [0.2, 0.25) is 0 Å². The molecule has 6 heteroatoms. The van der Waals surface area contributed by atoms with Gasteiger partial charge in [-0.15, -0.1) is 0 Å². The van der Waals surface area contributed by atoms with Gasteiger partial charge < -0.3 is 19.9 Å². The Morgan fingerprint density at radius 3 is 2.70 bits per heavy atom. The maximum atomic E-state index is 12.5. The Morgan fingerprint density at radius 2 is 1.93 bits per heavy atom. The molecule has 0 bridgehead atoms. The van der Waals surface area contributed by atoms with Crippen LogP contribution in [0.5, 0.6) is 0 Å². The third-order valence-corrected chi connectivity index (χ3v) is 5.30. The maximum absolute atomic E-state index is 12.5. The third-order valence-electron chi connectivity index (χ3n) is 5.30. The van der Waals surface area contributed by atoms with Gasteiger partial charge in [0.25, 0.3) is 5.91 Å². The summed E-state index contributed by atoms with van der Waals surface area (Å²) in [6.45, 7) is 3.68. The fourth-order valence-corrected chi connectivity index (χ4v) is 3.66. The van der Waals surface area contributed by atoms with Crippen LogP contribution in [0.25, 0.3) is 17.0 Å². The lowest BCUT2D eigenvalue weighted by Crippen LogP contribution is -2.36. The van der Waals surface area contributed by atoms with E-state index in [1.54, 1.807) is 6.08 Å². The number of hydrogen-bond acceptors (Lipinski definition) is 4. The number of fused-ring (bicyclic) bond motifs is 1. The molecule has 3 aromatic rings. The van der Waals surface area contributed by atoms with Crippen molar-refractivity contribution >= 4 is 28.6 Å². The van der Waals surface area contributed by atoms with Crippen LogP contribution in [0.1, 0.15) is 11.1 Å². The summed E-state index contributed by atoms with van der Waals surface area (Å²) in [5, 5.41) is 13.4. The number of ether oxygens (including phenoxy) is 1. The zero-order valence-corrected chi connectivity index (χ0v) is 16.7. The standard InChI is InChI=1S/C24H24N4O2/c25-16-20(15-18-5-7-21(8-6-18)28-11-13-30-14-12-28)24(29)26-10-9-19-17-27-23-4-2-1-3-22(19)23/h1-8,15,17,27H,9-14H2,(H,26,29)/b20-15+. The molecule has 30 heavy (non-hydrogen) atoms. The Balaban J connectivity index is 1.36. The van der Waals surface area contributed by atoms with E-state index in [2.05, 4.69) is 21.3 Å². The number of aromatic nitrogens is 1. The molecule has 0 spiro atoms. The summed E-state index contributed by atoms with van der Waals surface area (Å²) in [5.41, 5.74) is 4.28. The second-order valence-corrected chi connectivity index (χ2v) is 7.23. The largest absolute Gasteiger partial charge is 0.378 e. The average Bonchev–Trinajstić information content (AvgIpc) is 3.21. The molecule has 0 unspecified atom stereocenters. The van der Waals surface area contributed by atoms with Crippen molar-refractivity contribution in [2.45, 2.75) is 6.42 Å². The van der Waals surface area contributed by atoms with Crippen LogP contribution in [0.3, 0.4) is 0 Å². The summed E-state index contributed by atoms with van der Waals surface area (Å²) in [4.78, 5) is 18.0. The summed E-state index contributed by atoms with van der Waals surface area (Å²) in [6.07, 6.45) is 4.29. The zero-order valence-electron chi connectivity index (χ0n) is 16.7. The van der Waals surface area contributed by atoms with Gasteiger partial charge in [0.15, 0.2) is 0 Å². The molecule has 1 aromatic heterocycles. The number of rotatable bonds is 6. The van der Waals surface area contributed by atoms with E-state index in [4.69, 9.17) is 4.74 Å². The van der Waals surface area contributed by atoms with Crippen molar-refractivity contribution in [1.82, 2.24) is 10.3 Å². The molecule has 152 valence electrons. The predicted molar refractivity (Wildman–Crippen MR) is 118 cm³/mol. The molecular weight excluding hydrogens is 376 g/mol. The van der Waals surface area contributed by atoms with Crippen molar-refractivity contribution in [2.75, 3.05) is 37.7 Å². The highest BCUT2D eigenvalue weighted by Crippen LogP contribution is 2.19. The van der Waals surface area contributed by atoms with Gasteiger partial charge in [0.1, 0.15) is 11.6 Å². The number of nitriles is 1. The van der Waals surface area contributed by atoms with Crippen LogP contribution in [-0.4, -0.2) is 43.7 Å². The van der Waals surface area contributed by atoms with Gasteiger partial charge in [0.2, 0.25) is 0 Å². The van der Waals surface area contributed by atoms with Crippen LogP contribution in [0, 0.1) is 11.3 Å². The van der Waals surface area contributed by atoms with Gasteiger partial charge in [-0.1, -0.05) is 30.3 Å². The number of morpholine rings is 1. The molecule has 0 atom stereocenters. The number of hydrogen-bond donors (Lipinski definition) is 2. The smallest absolute Gasteiger partial charge is 0.261 e. The molecular formula is C24H24N4O2. The second-order valence-electron chi connectivity index (χ2n) is 7.23. The fourth-order valence-electron chi connectivity index (χ4n) is 3.66. The summed E-state index contributed by atoms with van der Waals surface area (Å²) < 4.78 is 5.38. The Bertz CT molecular complexity index is 1090. The summed E-state index contributed by atoms with van der Waals surface area (Å²) in [6, 6.07) is 18.0. The minimum atomic E-state index is -0.352. The van der Waals surface area contributed by atoms with Crippen molar-refractivity contribution in [3.05, 3.63) is 71.4 Å². The van der Waals surface area contributed by atoms with E-state index < -0.39 is 0 Å². The molecule has 4 rings (SSSR count). The number of carbonyl (C=O) groups is 1. The van der Waals surface area contributed by atoms with E-state index in [9.17, 15) is 10.1 Å². The topological polar surface area (TPSA) is 81.2 Å². The lowest BCUT2D eigenvalue weighted by atomic mass is 10.1. The summed E-state index contributed by atoms with van der Waals surface area (Å²) in [5.74, 6) is -0.352. The number of H-pyrrole nitrogens is 1. The van der Waals surface area contributed by atoms with Crippen LogP contribution >= 0.6 is 0 Å². The fraction of sp³-hybridized carbons (Fsp3) is 0.250. The molecule has 1 saturated heterocycles. The van der Waals surface area contributed by atoms with E-state index >= 15 is 0 Å². The first-order valence-electron chi connectivity index (χ1n) is 10.1. The highest BCUT2D eigenvalue weighted by molar-refractivity contribution is 6.01. The molecule has 0 saturated carbocycles. The molecule has 0 aliphatic carbocycles. The first-order chi connectivity index (χ1) is 14.7. The van der Waals surface area contributed by atoms with Gasteiger partial charge in [-0.05, 0) is 41.8 Å². The Morgan fingerprint density at radius 1 is 1.17 bits per heavy atom. The number of aromatic amines is 1. The number of amides is 1. The molecule has 2 heterocycles. The van der Waals surface area contributed by atoms with Gasteiger partial charge in [-0.25, -0.2) is 0 Å². The number of para-hydroxylation sites is 1. The lowest BCUT2D eigenvalue weighted by molar-refractivity contribution is -0.117. The SMILES string of the molecule is N#C/C(=C\c1ccc(N2CCOCC2)cc1)C(=O)NCCc1c[nH]c2ccccc12. The first kappa shape index (κ1) is 19.7. The van der Waals surface area contributed by atoms with E-state index in [1.807, 2.05) is 54.7 Å². The maximum Gasteiger partial charge on any atom is 0.261 e. The second kappa shape index (κ2) is 9.29. The van der Waals surface area contributed by atoms with E-state index in [-0.39, 0.29) is 11.5 Å². The summed E-state index contributed by atoms with van der Waals surface area (Å²) in [7, 11) is 0. The molecule has 1 aliphatic rings. The van der Waals surface area contributed by atoms with Gasteiger partial charge >= 0.3 is 0 Å². The number of carbonyl (C=O) groups excluding carboxylic acids is 1. The minimum absolute atomic E-state index is 0.105. The van der Waals surface area contributed by atoms with E-state index in [0.29, 0.717) is 13.0 Å². The van der Waals surface area contributed by atoms with Gasteiger partial charge in [-0.3, -0.25) is 4.79 Å². The molecule has 1 fully saturated rings. The average molecular weight is 400 g/mol. The Kier molecular flexibility index (Phi) is 6.11. The molecule has 2 N–H and O–H groups in total. The zero-order chi connectivity index (χ0) is 20.8. The molecule has 2 aromatic carbocycles. The van der Waals surface area contributed by atoms with E-state index in [1.165, 1.54) is 0 Å². The van der Waals surface area contributed by atoms with Gasteiger partial charge in [0.05, 0.1) is 13.2 Å². The number of nitrogens with zero attached hydrogens (tertiary/aromatic N) is 2. The van der Waals surface area contributed by atoms with Crippen LogP contribution in [-0.2, 0) is 16.0 Å². The quantitative estimate of drug-likeness (QED) is 0.492. The number of anilines is 1. The Hall–Kier alpha value is -3.56. The van der Waals surface area contributed by atoms with Crippen LogP contribution < -0.4 is 10.2 Å². The molecule has 0 radical (unpaired) electrons. The predicted octanol–water partition coefficient (Wildman–Crippen LogP) is 3.27. The van der Waals surface area contributed by atoms with Gasteiger partial charge in [-0.2, -0.15) is 5.26 Å². The van der Waals surface area contributed by atoms with E-state index in [0.717, 1.165) is 54.0 Å². The molecule has 1 aliphatic heterocycles. The van der Waals surface area contributed by atoms with Crippen molar-refractivity contribution in [3.63, 3.8) is 0 Å². The monoisotopic (exact) mass is 400 g/mol. The highest BCUT2D eigenvalue weighted by atomic mass is 16.5. The highest BCUT2D eigenvalue weighted by Gasteiger charge is 2.12. The first-order valence-corrected chi connectivity index (χ1v) is 10.1. The minimum Gasteiger partial charge on any atom is -0.378 e. The Labute approximate surface area is 175 Å². The van der Waals surface area contributed by atoms with Gasteiger partial charge in [0, 0.05) is 42.4 Å². The third kappa shape index (κ3) is 4.53. The lowest BCUT2D eigenvalue weighted by Gasteiger charge is -2.28. The van der Waals surface area contributed by atoms with Crippen molar-refractivity contribution in [3.8, 4) is 6.07 Å². The van der Waals surface area contributed by atoms with Crippen LogP contribution in [0.4, 0.5) is 5.69 Å². The molecule has 1 amide bonds. The van der Waals surface area contributed by atoms with Crippen molar-refractivity contribution in [1.29, 1.82) is 5.26 Å². The number of benzene rings is 2. The van der Waals surface area contributed by atoms with Crippen molar-refractivity contribution in [2.24, 2.45) is 0 Å². The summed E-state index contributed by atoms with van der Waals surface area (Å²) >= 11 is 0. The van der Waals surface area contributed by atoms with Crippen molar-refractivity contribution < 1.29 is 9.53 Å². The van der Waals surface area contributed by atoms with Crippen LogP contribution in [0.15, 0.2) is 60.3 Å². The normalized spacial score (nSPS) is 14.5. The molecule has 6 nitrogen and oxygen atoms in total. The number of nitrogens with one attached hydrogen (secondary N) is 2.